The highest BCUT2D eigenvalue weighted by Crippen LogP contribution is 2.69. The molecule has 0 aromatic carbocycles. The van der Waals surface area contributed by atoms with Crippen LogP contribution >= 0.6 is 0 Å². The number of carbonyl (C=O) groups is 1. The molecular formula is C14H22O2. The number of hydrogen-bond donors (Lipinski definition) is 0. The lowest BCUT2D eigenvalue weighted by Crippen LogP contribution is -2.51. The molecule has 2 unspecified atom stereocenters. The Morgan fingerprint density at radius 3 is 2.19 bits per heavy atom. The number of fused-ring (bicyclic) bond motifs is 1. The summed E-state index contributed by atoms with van der Waals surface area (Å²) in [5.74, 6) is 1.32. The quantitative estimate of drug-likeness (QED) is 0.637. The first kappa shape index (κ1) is 10.6. The van der Waals surface area contributed by atoms with E-state index in [9.17, 15) is 4.79 Å². The minimum atomic E-state index is -0.0970. The van der Waals surface area contributed by atoms with Gasteiger partial charge in [0.1, 0.15) is 6.10 Å². The Balaban J connectivity index is 1.85. The largest absolute Gasteiger partial charge is 0.462 e. The van der Waals surface area contributed by atoms with Gasteiger partial charge in [-0.05, 0) is 54.8 Å². The van der Waals surface area contributed by atoms with Crippen LogP contribution in [0.25, 0.3) is 0 Å². The smallest absolute Gasteiger partial charge is 0.302 e. The Kier molecular flexibility index (Phi) is 2.01. The summed E-state index contributed by atoms with van der Waals surface area (Å²) >= 11 is 0. The Morgan fingerprint density at radius 1 is 1.19 bits per heavy atom. The van der Waals surface area contributed by atoms with Crippen molar-refractivity contribution in [1.82, 2.24) is 0 Å². The van der Waals surface area contributed by atoms with Gasteiger partial charge in [-0.25, -0.2) is 0 Å². The van der Waals surface area contributed by atoms with Crippen molar-refractivity contribution in [2.24, 2.45) is 22.7 Å². The normalized spacial score (nSPS) is 54.1. The van der Waals surface area contributed by atoms with Crippen LogP contribution in [0.2, 0.25) is 0 Å². The Morgan fingerprint density at radius 2 is 1.75 bits per heavy atom. The number of rotatable bonds is 1. The molecule has 0 saturated heterocycles. The predicted molar refractivity (Wildman–Crippen MR) is 61.8 cm³/mol. The first-order chi connectivity index (χ1) is 7.43. The molecule has 0 heterocycles. The fraction of sp³-hybridized carbons (Fsp3) is 0.929. The Bertz CT molecular complexity index is 318. The standard InChI is InChI=1S/C14H22O2/c1-9(15)16-11-6-12-13(2)4-5-14(12,3)8-10(11)7-13/h10-12H,4-8H2,1-3H3/t10?,11-,12?,13-,14+/m1/s1. The van der Waals surface area contributed by atoms with E-state index in [1.165, 1.54) is 25.7 Å². The van der Waals surface area contributed by atoms with Crippen LogP contribution in [0.3, 0.4) is 0 Å². The molecular weight excluding hydrogens is 200 g/mol. The molecule has 4 bridgehead atoms. The Hall–Kier alpha value is -0.530. The van der Waals surface area contributed by atoms with Gasteiger partial charge in [0.25, 0.3) is 0 Å². The van der Waals surface area contributed by atoms with Gasteiger partial charge in [-0.2, -0.15) is 0 Å². The van der Waals surface area contributed by atoms with Crippen LogP contribution in [-0.2, 0) is 9.53 Å². The number of carbonyl (C=O) groups excluding carboxylic acids is 1. The van der Waals surface area contributed by atoms with Gasteiger partial charge in [-0.3, -0.25) is 4.79 Å². The molecule has 0 aromatic rings. The third-order valence-electron chi connectivity index (χ3n) is 5.72. The second-order valence-electron chi connectivity index (χ2n) is 6.91. The van der Waals surface area contributed by atoms with Crippen LogP contribution in [-0.4, -0.2) is 12.1 Å². The van der Waals surface area contributed by atoms with Crippen LogP contribution in [0.1, 0.15) is 52.9 Å². The van der Waals surface area contributed by atoms with E-state index >= 15 is 0 Å². The molecule has 0 amide bonds. The monoisotopic (exact) mass is 222 g/mol. The highest BCUT2D eigenvalue weighted by Gasteiger charge is 2.62. The first-order valence-electron chi connectivity index (χ1n) is 6.60. The van der Waals surface area contributed by atoms with Gasteiger partial charge < -0.3 is 4.74 Å². The summed E-state index contributed by atoms with van der Waals surface area (Å²) in [6.45, 7) is 6.46. The summed E-state index contributed by atoms with van der Waals surface area (Å²) < 4.78 is 5.50. The molecule has 5 atom stereocenters. The van der Waals surface area contributed by atoms with Crippen molar-refractivity contribution in [3.63, 3.8) is 0 Å². The zero-order valence-corrected chi connectivity index (χ0v) is 10.6. The highest BCUT2D eigenvalue weighted by molar-refractivity contribution is 5.66. The van der Waals surface area contributed by atoms with E-state index < -0.39 is 0 Å². The van der Waals surface area contributed by atoms with Crippen molar-refractivity contribution in [1.29, 1.82) is 0 Å². The molecule has 0 radical (unpaired) electrons. The molecule has 4 aliphatic rings. The maximum Gasteiger partial charge on any atom is 0.302 e. The zero-order valence-electron chi connectivity index (χ0n) is 10.6. The van der Waals surface area contributed by atoms with Crippen LogP contribution < -0.4 is 0 Å². The van der Waals surface area contributed by atoms with E-state index in [-0.39, 0.29) is 12.1 Å². The van der Waals surface area contributed by atoms with Gasteiger partial charge in [0.05, 0.1) is 0 Å². The van der Waals surface area contributed by atoms with E-state index in [0.717, 1.165) is 12.3 Å². The zero-order chi connectivity index (χ0) is 11.6. The van der Waals surface area contributed by atoms with Crippen LogP contribution in [0, 0.1) is 22.7 Å². The van der Waals surface area contributed by atoms with Crippen molar-refractivity contribution in [3.8, 4) is 0 Å². The molecule has 4 aliphatic carbocycles. The Labute approximate surface area is 97.7 Å². The van der Waals surface area contributed by atoms with Crippen molar-refractivity contribution in [2.75, 3.05) is 0 Å². The maximum atomic E-state index is 11.1. The van der Waals surface area contributed by atoms with E-state index in [1.54, 1.807) is 6.92 Å². The third kappa shape index (κ3) is 1.28. The lowest BCUT2D eigenvalue weighted by Gasteiger charge is -2.55. The lowest BCUT2D eigenvalue weighted by molar-refractivity contribution is -0.168. The fourth-order valence-corrected chi connectivity index (χ4v) is 5.13. The van der Waals surface area contributed by atoms with E-state index in [0.29, 0.717) is 16.7 Å². The van der Waals surface area contributed by atoms with Gasteiger partial charge in [-0.15, -0.1) is 0 Å². The lowest BCUT2D eigenvalue weighted by atomic mass is 9.51. The molecule has 4 rings (SSSR count). The van der Waals surface area contributed by atoms with Crippen molar-refractivity contribution in [2.45, 2.75) is 59.0 Å². The van der Waals surface area contributed by atoms with Crippen LogP contribution in [0.4, 0.5) is 0 Å². The molecule has 4 saturated carbocycles. The second kappa shape index (κ2) is 3.02. The van der Waals surface area contributed by atoms with Crippen molar-refractivity contribution < 1.29 is 9.53 Å². The molecule has 90 valence electrons. The highest BCUT2D eigenvalue weighted by atomic mass is 16.5. The average Bonchev–Trinajstić information content (AvgIpc) is 2.36. The average molecular weight is 222 g/mol. The summed E-state index contributed by atoms with van der Waals surface area (Å²) in [4.78, 5) is 11.1. The number of esters is 1. The summed E-state index contributed by atoms with van der Waals surface area (Å²) in [5, 5.41) is 0. The van der Waals surface area contributed by atoms with Gasteiger partial charge in [-0.1, -0.05) is 13.8 Å². The van der Waals surface area contributed by atoms with E-state index in [1.807, 2.05) is 0 Å². The van der Waals surface area contributed by atoms with E-state index in [2.05, 4.69) is 13.8 Å². The topological polar surface area (TPSA) is 26.3 Å². The maximum absolute atomic E-state index is 11.1. The predicted octanol–water partition coefficient (Wildman–Crippen LogP) is 3.15. The second-order valence-corrected chi connectivity index (χ2v) is 6.91. The molecule has 2 heteroatoms. The van der Waals surface area contributed by atoms with Crippen molar-refractivity contribution >= 4 is 5.97 Å². The van der Waals surface area contributed by atoms with Crippen molar-refractivity contribution in [3.05, 3.63) is 0 Å². The van der Waals surface area contributed by atoms with Gasteiger partial charge in [0.15, 0.2) is 0 Å². The first-order valence-corrected chi connectivity index (χ1v) is 6.60. The molecule has 0 aromatic heterocycles. The van der Waals surface area contributed by atoms with Crippen LogP contribution in [0.15, 0.2) is 0 Å². The van der Waals surface area contributed by atoms with Gasteiger partial charge in [0, 0.05) is 6.92 Å². The molecule has 16 heavy (non-hydrogen) atoms. The number of ether oxygens (including phenoxy) is 1. The van der Waals surface area contributed by atoms with Crippen LogP contribution in [0.5, 0.6) is 0 Å². The molecule has 0 N–H and O–H groups in total. The third-order valence-corrected chi connectivity index (χ3v) is 5.72. The summed E-state index contributed by atoms with van der Waals surface area (Å²) in [6, 6.07) is 0. The van der Waals surface area contributed by atoms with E-state index in [4.69, 9.17) is 4.74 Å². The number of hydrogen-bond acceptors (Lipinski definition) is 2. The molecule has 4 fully saturated rings. The summed E-state index contributed by atoms with van der Waals surface area (Å²) in [7, 11) is 0. The fourth-order valence-electron chi connectivity index (χ4n) is 5.13. The molecule has 0 spiro atoms. The minimum absolute atomic E-state index is 0.0970. The summed E-state index contributed by atoms with van der Waals surface area (Å²) in [6.07, 6.45) is 6.68. The summed E-state index contributed by atoms with van der Waals surface area (Å²) in [5.41, 5.74) is 1.10. The molecule has 0 aliphatic heterocycles. The van der Waals surface area contributed by atoms with Gasteiger partial charge in [0.2, 0.25) is 0 Å². The minimum Gasteiger partial charge on any atom is -0.462 e. The molecule has 2 nitrogen and oxygen atoms in total. The van der Waals surface area contributed by atoms with Gasteiger partial charge >= 0.3 is 5.97 Å². The SMILES string of the molecule is CC(=O)O[C@@H]1CC2[C@@]3(C)CC[C@]2(C)CC1C3.